The van der Waals surface area contributed by atoms with Gasteiger partial charge in [-0.2, -0.15) is 0 Å². The van der Waals surface area contributed by atoms with Crippen molar-refractivity contribution in [1.82, 2.24) is 9.80 Å². The lowest BCUT2D eigenvalue weighted by Crippen LogP contribution is -2.58. The Kier molecular flexibility index (Phi) is 4.84. The smallest absolute Gasteiger partial charge is 0.272 e. The minimum Gasteiger partial charge on any atom is -0.295 e. The van der Waals surface area contributed by atoms with E-state index in [0.29, 0.717) is 19.1 Å². The largest absolute Gasteiger partial charge is 0.295 e. The monoisotopic (exact) mass is 252 g/mol. The van der Waals surface area contributed by atoms with Crippen LogP contribution < -0.4 is 0 Å². The average Bonchev–Trinajstić information content (AvgIpc) is 2.09. The highest BCUT2D eigenvalue weighted by Crippen LogP contribution is 2.27. The quantitative estimate of drug-likeness (QED) is 0.744. The van der Waals surface area contributed by atoms with Crippen LogP contribution in [0.15, 0.2) is 0 Å². The number of halogens is 3. The lowest BCUT2D eigenvalue weighted by atomic mass is 10.1. The van der Waals surface area contributed by atoms with E-state index in [1.54, 1.807) is 4.90 Å². The first-order valence-corrected chi connectivity index (χ1v) is 6.21. The van der Waals surface area contributed by atoms with Crippen LogP contribution in [0.5, 0.6) is 0 Å². The molecule has 102 valence electrons. The van der Waals surface area contributed by atoms with Crippen LogP contribution in [0.1, 0.15) is 27.7 Å². The Morgan fingerprint density at radius 3 is 1.47 bits per heavy atom. The van der Waals surface area contributed by atoms with Gasteiger partial charge in [-0.05, 0) is 27.7 Å². The minimum absolute atomic E-state index is 0.0509. The zero-order valence-electron chi connectivity index (χ0n) is 11.1. The molecule has 0 bridgehead atoms. The van der Waals surface area contributed by atoms with Gasteiger partial charge in [0.1, 0.15) is 6.17 Å². The summed E-state index contributed by atoms with van der Waals surface area (Å²) in [5.41, 5.74) is 0. The number of hydrogen-bond donors (Lipinski definition) is 0. The van der Waals surface area contributed by atoms with E-state index < -0.39 is 12.1 Å². The summed E-state index contributed by atoms with van der Waals surface area (Å²) in [6.45, 7) is 9.23. The van der Waals surface area contributed by atoms with Crippen molar-refractivity contribution in [3.05, 3.63) is 0 Å². The predicted molar refractivity (Wildman–Crippen MR) is 63.3 cm³/mol. The van der Waals surface area contributed by atoms with Crippen molar-refractivity contribution < 1.29 is 13.2 Å². The van der Waals surface area contributed by atoms with Crippen LogP contribution in [0.3, 0.4) is 0 Å². The molecule has 2 aliphatic rings. The summed E-state index contributed by atoms with van der Waals surface area (Å²) in [5.74, 6) is -2.40. The second kappa shape index (κ2) is 5.57. The number of nitrogens with zero attached hydrogens (tertiary/aromatic N) is 2. The van der Waals surface area contributed by atoms with Gasteiger partial charge in [0, 0.05) is 25.2 Å². The molecule has 0 aliphatic carbocycles. The molecule has 0 radical (unpaired) electrons. The Balaban J connectivity index is 0.000000171. The molecule has 0 N–H and O–H groups in total. The zero-order valence-corrected chi connectivity index (χ0v) is 11.1. The van der Waals surface area contributed by atoms with Gasteiger partial charge in [-0.3, -0.25) is 9.80 Å². The molecule has 0 spiro atoms. The van der Waals surface area contributed by atoms with Crippen molar-refractivity contribution in [1.29, 1.82) is 0 Å². The van der Waals surface area contributed by atoms with Gasteiger partial charge in [0.25, 0.3) is 5.92 Å². The fourth-order valence-corrected chi connectivity index (χ4v) is 1.79. The Morgan fingerprint density at radius 2 is 1.35 bits per heavy atom. The summed E-state index contributed by atoms with van der Waals surface area (Å²) in [7, 11) is 0. The standard InChI is InChI=1S/C6H11F2N.C6H12FN/c1-5(2)9-3-6(7,8)4-9;1-5(2)8-3-6(7)4-8/h5H,3-4H2,1-2H3;5-6H,3-4H2,1-2H3. The van der Waals surface area contributed by atoms with E-state index in [4.69, 9.17) is 0 Å². The Labute approximate surface area is 102 Å². The van der Waals surface area contributed by atoms with Crippen LogP contribution in [0.4, 0.5) is 13.2 Å². The third kappa shape index (κ3) is 4.47. The normalized spacial score (nSPS) is 25.2. The minimum atomic E-state index is -2.40. The van der Waals surface area contributed by atoms with E-state index in [2.05, 4.69) is 18.7 Å². The summed E-state index contributed by atoms with van der Waals surface area (Å²) in [6.07, 6.45) is -0.544. The lowest BCUT2D eigenvalue weighted by molar-refractivity contribution is -0.141. The molecule has 0 unspecified atom stereocenters. The molecule has 2 saturated heterocycles. The van der Waals surface area contributed by atoms with E-state index in [9.17, 15) is 13.2 Å². The molecule has 0 amide bonds. The van der Waals surface area contributed by atoms with Crippen molar-refractivity contribution in [3.8, 4) is 0 Å². The number of alkyl halides is 3. The van der Waals surface area contributed by atoms with Gasteiger partial charge in [-0.1, -0.05) is 0 Å². The van der Waals surface area contributed by atoms with Crippen LogP contribution in [0, 0.1) is 0 Å². The first-order valence-electron chi connectivity index (χ1n) is 6.21. The summed E-state index contributed by atoms with van der Waals surface area (Å²) in [6, 6.07) is 0.798. The molecule has 17 heavy (non-hydrogen) atoms. The molecule has 2 nitrogen and oxygen atoms in total. The third-order valence-electron chi connectivity index (χ3n) is 3.19. The fourth-order valence-electron chi connectivity index (χ4n) is 1.79. The van der Waals surface area contributed by atoms with Gasteiger partial charge in [0.15, 0.2) is 0 Å². The fraction of sp³-hybridized carbons (Fsp3) is 1.00. The van der Waals surface area contributed by atoms with Gasteiger partial charge in [0.05, 0.1) is 13.1 Å². The van der Waals surface area contributed by atoms with Crippen LogP contribution >= 0.6 is 0 Å². The molecule has 0 aromatic carbocycles. The van der Waals surface area contributed by atoms with Crippen LogP contribution in [-0.4, -0.2) is 60.2 Å². The van der Waals surface area contributed by atoms with Gasteiger partial charge >= 0.3 is 0 Å². The molecule has 2 rings (SSSR count). The van der Waals surface area contributed by atoms with E-state index in [-0.39, 0.29) is 19.1 Å². The van der Waals surface area contributed by atoms with Gasteiger partial charge in [0.2, 0.25) is 0 Å². The lowest BCUT2D eigenvalue weighted by Gasteiger charge is -2.41. The van der Waals surface area contributed by atoms with Crippen molar-refractivity contribution in [3.63, 3.8) is 0 Å². The molecule has 0 saturated carbocycles. The van der Waals surface area contributed by atoms with Crippen LogP contribution in [0.2, 0.25) is 0 Å². The Hall–Kier alpha value is -0.290. The number of rotatable bonds is 2. The second-order valence-electron chi connectivity index (χ2n) is 5.50. The molecule has 2 heterocycles. The number of likely N-dealkylation sites (tertiary alicyclic amines) is 2. The molecular formula is C12H23F3N2. The summed E-state index contributed by atoms with van der Waals surface area (Å²) >= 11 is 0. The number of hydrogen-bond acceptors (Lipinski definition) is 2. The first-order chi connectivity index (χ1) is 7.71. The molecule has 0 atom stereocenters. The maximum Gasteiger partial charge on any atom is 0.272 e. The van der Waals surface area contributed by atoms with Crippen LogP contribution in [0.25, 0.3) is 0 Å². The second-order valence-corrected chi connectivity index (χ2v) is 5.50. The summed E-state index contributed by atoms with van der Waals surface area (Å²) < 4.78 is 36.3. The topological polar surface area (TPSA) is 6.48 Å². The Bertz CT molecular complexity index is 230. The van der Waals surface area contributed by atoms with Crippen molar-refractivity contribution >= 4 is 0 Å². The SMILES string of the molecule is CC(C)N1CC(F)(F)C1.CC(C)N1CC(F)C1. The van der Waals surface area contributed by atoms with E-state index in [1.807, 2.05) is 13.8 Å². The molecule has 2 fully saturated rings. The maximum atomic E-state index is 12.1. The molecular weight excluding hydrogens is 229 g/mol. The van der Waals surface area contributed by atoms with Crippen molar-refractivity contribution in [2.45, 2.75) is 51.9 Å². The van der Waals surface area contributed by atoms with Gasteiger partial charge in [-0.25, -0.2) is 13.2 Å². The third-order valence-corrected chi connectivity index (χ3v) is 3.19. The van der Waals surface area contributed by atoms with Crippen LogP contribution in [-0.2, 0) is 0 Å². The summed E-state index contributed by atoms with van der Waals surface area (Å²) in [4.78, 5) is 3.87. The highest BCUT2D eigenvalue weighted by atomic mass is 19.3. The zero-order chi connectivity index (χ0) is 13.2. The molecule has 5 heteroatoms. The van der Waals surface area contributed by atoms with Crippen molar-refractivity contribution in [2.75, 3.05) is 26.2 Å². The molecule has 0 aromatic rings. The molecule has 0 aromatic heterocycles. The first kappa shape index (κ1) is 14.8. The highest BCUT2D eigenvalue weighted by Gasteiger charge is 2.44. The maximum absolute atomic E-state index is 12.1. The average molecular weight is 252 g/mol. The Morgan fingerprint density at radius 1 is 0.941 bits per heavy atom. The van der Waals surface area contributed by atoms with E-state index in [1.165, 1.54) is 0 Å². The van der Waals surface area contributed by atoms with E-state index in [0.717, 1.165) is 0 Å². The van der Waals surface area contributed by atoms with Gasteiger partial charge < -0.3 is 0 Å². The molecule has 2 aliphatic heterocycles. The van der Waals surface area contributed by atoms with Gasteiger partial charge in [-0.15, -0.1) is 0 Å². The predicted octanol–water partition coefficient (Wildman–Crippen LogP) is 2.39. The van der Waals surface area contributed by atoms with E-state index >= 15 is 0 Å². The summed E-state index contributed by atoms with van der Waals surface area (Å²) in [5, 5.41) is 0. The van der Waals surface area contributed by atoms with Crippen molar-refractivity contribution in [2.24, 2.45) is 0 Å². The highest BCUT2D eigenvalue weighted by molar-refractivity contribution is 4.88.